The first kappa shape index (κ1) is 18.9. The van der Waals surface area contributed by atoms with Gasteiger partial charge >= 0.3 is 0 Å². The third kappa shape index (κ3) is 3.49. The van der Waals surface area contributed by atoms with E-state index in [1.807, 2.05) is 6.08 Å². The zero-order chi connectivity index (χ0) is 17.3. The smallest absolute Gasteiger partial charge is 0.201 e. The molecule has 0 N–H and O–H groups in total. The monoisotopic (exact) mass is 338 g/mol. The molecule has 23 heavy (non-hydrogen) atoms. The fourth-order valence-corrected chi connectivity index (χ4v) is 10.2. The number of hydrogen-bond acceptors (Lipinski definition) is 3. The van der Waals surface area contributed by atoms with Gasteiger partial charge < -0.3 is 9.16 Å². The van der Waals surface area contributed by atoms with Gasteiger partial charge in [-0.25, -0.2) is 0 Å². The second-order valence-corrected chi connectivity index (χ2v) is 13.6. The molecule has 4 heteroatoms. The van der Waals surface area contributed by atoms with Crippen molar-refractivity contribution >= 4 is 14.1 Å². The van der Waals surface area contributed by atoms with E-state index in [1.165, 1.54) is 0 Å². The van der Waals surface area contributed by atoms with Crippen LogP contribution in [-0.2, 0) is 14.0 Å². The quantitative estimate of drug-likeness (QED) is 0.522. The molecule has 0 unspecified atom stereocenters. The van der Waals surface area contributed by atoms with Crippen molar-refractivity contribution in [3.63, 3.8) is 0 Å². The van der Waals surface area contributed by atoms with Crippen LogP contribution < -0.4 is 0 Å². The maximum absolute atomic E-state index is 12.3. The minimum absolute atomic E-state index is 0.00535. The lowest BCUT2D eigenvalue weighted by Crippen LogP contribution is -2.53. The number of Topliss-reactive ketones (excluding diaryl/α,β-unsaturated/α-hetero) is 1. The summed E-state index contributed by atoms with van der Waals surface area (Å²) in [6, 6.07) is 0. The Bertz CT molecular complexity index is 434. The Labute approximate surface area is 142 Å². The van der Waals surface area contributed by atoms with E-state index in [0.717, 1.165) is 19.3 Å². The first-order chi connectivity index (χ1) is 10.7. The van der Waals surface area contributed by atoms with E-state index >= 15 is 0 Å². The van der Waals surface area contributed by atoms with Gasteiger partial charge in [0.1, 0.15) is 5.60 Å². The van der Waals surface area contributed by atoms with E-state index in [0.29, 0.717) is 29.7 Å². The second kappa shape index (κ2) is 7.20. The summed E-state index contributed by atoms with van der Waals surface area (Å²) in [6.45, 7) is 14.3. The van der Waals surface area contributed by atoms with Crippen molar-refractivity contribution in [3.05, 3.63) is 12.2 Å². The number of hydrogen-bond donors (Lipinski definition) is 0. The van der Waals surface area contributed by atoms with Crippen molar-refractivity contribution in [1.29, 1.82) is 0 Å². The molecule has 1 aliphatic carbocycles. The number of ketones is 1. The summed E-state index contributed by atoms with van der Waals surface area (Å²) >= 11 is 0. The molecular weight excluding hydrogens is 304 g/mol. The summed E-state index contributed by atoms with van der Waals surface area (Å²) in [7, 11) is -1.91. The summed E-state index contributed by atoms with van der Waals surface area (Å²) in [5.74, 6) is 0.249. The Kier molecular flexibility index (Phi) is 5.91. The molecule has 0 radical (unpaired) electrons. The highest BCUT2D eigenvalue weighted by Gasteiger charge is 2.48. The highest BCUT2D eigenvalue weighted by Crippen LogP contribution is 2.44. The Morgan fingerprint density at radius 1 is 1.13 bits per heavy atom. The summed E-state index contributed by atoms with van der Waals surface area (Å²) in [5, 5.41) is 0. The lowest BCUT2D eigenvalue weighted by molar-refractivity contribution is -0.146. The van der Waals surface area contributed by atoms with Crippen LogP contribution in [0.15, 0.2) is 12.2 Å². The third-order valence-electron chi connectivity index (χ3n) is 5.82. The van der Waals surface area contributed by atoms with Crippen LogP contribution in [0.5, 0.6) is 0 Å². The van der Waals surface area contributed by atoms with Crippen LogP contribution in [0.25, 0.3) is 0 Å². The van der Waals surface area contributed by atoms with Crippen LogP contribution in [0.1, 0.15) is 67.2 Å². The molecule has 2 aliphatic rings. The average molecular weight is 339 g/mol. The van der Waals surface area contributed by atoms with Crippen molar-refractivity contribution < 1.29 is 14.0 Å². The normalized spacial score (nSPS) is 29.3. The van der Waals surface area contributed by atoms with E-state index in [1.54, 1.807) is 0 Å². The average Bonchev–Trinajstić information content (AvgIpc) is 2.48. The molecule has 0 bridgehead atoms. The van der Waals surface area contributed by atoms with Gasteiger partial charge in [-0.3, -0.25) is 4.79 Å². The minimum atomic E-state index is -1.91. The largest absolute Gasteiger partial charge is 0.407 e. The fraction of sp³-hybridized carbons (Fsp3) is 0.842. The van der Waals surface area contributed by atoms with Crippen molar-refractivity contribution in [1.82, 2.24) is 0 Å². The number of carbonyl (C=O) groups is 1. The van der Waals surface area contributed by atoms with E-state index in [2.05, 4.69) is 47.6 Å². The van der Waals surface area contributed by atoms with Gasteiger partial charge in [0.25, 0.3) is 0 Å². The zero-order valence-electron chi connectivity index (χ0n) is 15.7. The van der Waals surface area contributed by atoms with Gasteiger partial charge in [0.05, 0.1) is 12.7 Å². The Hall–Kier alpha value is -0.453. The lowest BCUT2D eigenvalue weighted by atomic mass is 9.82. The van der Waals surface area contributed by atoms with Crippen LogP contribution in [0.4, 0.5) is 0 Å². The number of rotatable bonds is 5. The molecule has 3 nitrogen and oxygen atoms in total. The van der Waals surface area contributed by atoms with Crippen LogP contribution in [0, 0.1) is 0 Å². The predicted molar refractivity (Wildman–Crippen MR) is 97.2 cm³/mol. The summed E-state index contributed by atoms with van der Waals surface area (Å²) in [6.07, 6.45) is 7.67. The van der Waals surface area contributed by atoms with Crippen LogP contribution in [-0.4, -0.2) is 32.4 Å². The van der Waals surface area contributed by atoms with Crippen molar-refractivity contribution in [2.24, 2.45) is 0 Å². The standard InChI is InChI=1S/C19H34O3Si/c1-14(2)23(15(3)4,16(5)6)22-17-10-12-19(21-13-17)11-8-7-9-18(19)20/h10,12,14-17H,7-9,11,13H2,1-6H3/t17-,19-/m0/s1. The minimum Gasteiger partial charge on any atom is -0.407 e. The fourth-order valence-electron chi connectivity index (χ4n) is 4.69. The molecule has 0 saturated heterocycles. The molecule has 1 saturated carbocycles. The molecule has 1 heterocycles. The Balaban J connectivity index is 2.16. The molecule has 0 aromatic heterocycles. The van der Waals surface area contributed by atoms with E-state index in [-0.39, 0.29) is 11.9 Å². The van der Waals surface area contributed by atoms with Gasteiger partial charge in [0.2, 0.25) is 8.32 Å². The molecule has 0 amide bonds. The number of carbonyl (C=O) groups excluding carboxylic acids is 1. The maximum atomic E-state index is 12.3. The summed E-state index contributed by atoms with van der Waals surface area (Å²) < 4.78 is 12.8. The van der Waals surface area contributed by atoms with Crippen LogP contribution in [0.3, 0.4) is 0 Å². The highest BCUT2D eigenvalue weighted by atomic mass is 28.4. The van der Waals surface area contributed by atoms with Gasteiger partial charge in [-0.05, 0) is 42.0 Å². The van der Waals surface area contributed by atoms with Crippen molar-refractivity contribution in [2.45, 2.75) is 95.6 Å². The van der Waals surface area contributed by atoms with Gasteiger partial charge in [-0.1, -0.05) is 47.6 Å². The first-order valence-corrected chi connectivity index (χ1v) is 11.4. The molecule has 2 rings (SSSR count). The SMILES string of the molecule is CC(C)[Si](O[C@H]1C=C[C@]2(CCCCC2=O)OC1)(C(C)C)C(C)C. The van der Waals surface area contributed by atoms with E-state index < -0.39 is 13.9 Å². The lowest BCUT2D eigenvalue weighted by Gasteiger charge is -2.46. The first-order valence-electron chi connectivity index (χ1n) is 9.29. The maximum Gasteiger partial charge on any atom is 0.201 e. The van der Waals surface area contributed by atoms with Crippen LogP contribution >= 0.6 is 0 Å². The zero-order valence-corrected chi connectivity index (χ0v) is 16.7. The molecule has 132 valence electrons. The van der Waals surface area contributed by atoms with Crippen LogP contribution in [0.2, 0.25) is 16.6 Å². The van der Waals surface area contributed by atoms with Gasteiger partial charge in [-0.2, -0.15) is 0 Å². The van der Waals surface area contributed by atoms with Gasteiger partial charge in [0, 0.05) is 6.42 Å². The van der Waals surface area contributed by atoms with Crippen molar-refractivity contribution in [2.75, 3.05) is 6.61 Å². The van der Waals surface area contributed by atoms with E-state index in [9.17, 15) is 4.79 Å². The second-order valence-electron chi connectivity index (χ2n) is 8.16. The van der Waals surface area contributed by atoms with Gasteiger partial charge in [0.15, 0.2) is 5.78 Å². The molecule has 1 spiro atoms. The summed E-state index contributed by atoms with van der Waals surface area (Å²) in [4.78, 5) is 12.3. The molecular formula is C19H34O3Si. The van der Waals surface area contributed by atoms with Gasteiger partial charge in [-0.15, -0.1) is 0 Å². The molecule has 0 aromatic carbocycles. The Morgan fingerprint density at radius 3 is 2.17 bits per heavy atom. The Morgan fingerprint density at radius 2 is 1.74 bits per heavy atom. The van der Waals surface area contributed by atoms with E-state index in [4.69, 9.17) is 9.16 Å². The third-order valence-corrected chi connectivity index (χ3v) is 11.9. The molecule has 2 atom stereocenters. The van der Waals surface area contributed by atoms with Crippen molar-refractivity contribution in [3.8, 4) is 0 Å². The summed E-state index contributed by atoms with van der Waals surface area (Å²) in [5.41, 5.74) is 1.03. The number of ether oxygens (including phenoxy) is 1. The predicted octanol–water partition coefficient (Wildman–Crippen LogP) is 5.02. The topological polar surface area (TPSA) is 35.5 Å². The molecule has 0 aromatic rings. The molecule has 1 aliphatic heterocycles. The molecule has 1 fully saturated rings. The highest BCUT2D eigenvalue weighted by molar-refractivity contribution is 6.77.